The van der Waals surface area contributed by atoms with Crippen LogP contribution in [0.3, 0.4) is 0 Å². The fraction of sp³-hybridized carbons (Fsp3) is 0.667. The Bertz CT molecular complexity index is 442. The minimum absolute atomic E-state index is 0.161. The first kappa shape index (κ1) is 14.4. The van der Waals surface area contributed by atoms with Crippen molar-refractivity contribution in [3.05, 3.63) is 26.3 Å². The molecule has 1 heterocycles. The summed E-state index contributed by atoms with van der Waals surface area (Å²) in [5.74, 6) is 0.405. The third-order valence-corrected chi connectivity index (χ3v) is 3.92. The summed E-state index contributed by atoms with van der Waals surface area (Å²) in [5, 5.41) is 3.29. The van der Waals surface area contributed by atoms with Crippen LogP contribution >= 0.6 is 15.9 Å². The molecule has 0 bridgehead atoms. The van der Waals surface area contributed by atoms with Gasteiger partial charge in [-0.1, -0.05) is 13.8 Å². The second-order valence-corrected chi connectivity index (χ2v) is 5.20. The molecule has 0 saturated carbocycles. The molecule has 0 aromatic carbocycles. The van der Waals surface area contributed by atoms with Crippen LogP contribution in [0.2, 0.25) is 0 Å². The van der Waals surface area contributed by atoms with E-state index < -0.39 is 0 Å². The first-order chi connectivity index (χ1) is 7.97. The van der Waals surface area contributed by atoms with Crippen LogP contribution in [-0.2, 0) is 6.54 Å². The van der Waals surface area contributed by atoms with Gasteiger partial charge in [0, 0.05) is 12.2 Å². The Morgan fingerprint density at radius 3 is 2.71 bits per heavy atom. The van der Waals surface area contributed by atoms with Crippen LogP contribution in [0.5, 0.6) is 0 Å². The normalized spacial score (nSPS) is 12.8. The molecular formula is C12H20BrN3O. The number of nitrogens with one attached hydrogen (secondary N) is 1. The van der Waals surface area contributed by atoms with Gasteiger partial charge in [-0.3, -0.25) is 4.57 Å². The second-order valence-electron chi connectivity index (χ2n) is 4.40. The van der Waals surface area contributed by atoms with Crippen LogP contribution in [0.4, 0.5) is 0 Å². The van der Waals surface area contributed by atoms with Crippen LogP contribution < -0.4 is 11.0 Å². The standard InChI is InChI=1S/C12H20BrN3O/c1-5-14-6-8(2)7-16-10(4)11(13)9(3)15-12(16)17/h8,14H,5-7H2,1-4H3. The maximum Gasteiger partial charge on any atom is 0.348 e. The van der Waals surface area contributed by atoms with E-state index in [9.17, 15) is 4.79 Å². The van der Waals surface area contributed by atoms with Crippen molar-refractivity contribution in [1.82, 2.24) is 14.9 Å². The van der Waals surface area contributed by atoms with E-state index in [1.54, 1.807) is 4.57 Å². The fourth-order valence-corrected chi connectivity index (χ4v) is 2.06. The largest absolute Gasteiger partial charge is 0.348 e. The molecule has 4 nitrogen and oxygen atoms in total. The van der Waals surface area contributed by atoms with E-state index >= 15 is 0 Å². The summed E-state index contributed by atoms with van der Waals surface area (Å²) in [4.78, 5) is 15.8. The predicted octanol–water partition coefficient (Wildman–Crippen LogP) is 1.87. The third-order valence-electron chi connectivity index (χ3n) is 2.77. The zero-order valence-corrected chi connectivity index (χ0v) is 12.5. The van der Waals surface area contributed by atoms with E-state index in [4.69, 9.17) is 0 Å². The van der Waals surface area contributed by atoms with Crippen LogP contribution in [0.25, 0.3) is 0 Å². The molecule has 0 saturated heterocycles. The lowest BCUT2D eigenvalue weighted by Gasteiger charge is -2.17. The minimum atomic E-state index is -0.161. The molecule has 1 unspecified atom stereocenters. The van der Waals surface area contributed by atoms with E-state index in [1.807, 2.05) is 13.8 Å². The van der Waals surface area contributed by atoms with Crippen molar-refractivity contribution < 1.29 is 0 Å². The first-order valence-electron chi connectivity index (χ1n) is 5.91. The molecule has 0 amide bonds. The number of halogens is 1. The summed E-state index contributed by atoms with van der Waals surface area (Å²) in [6.45, 7) is 10.5. The average Bonchev–Trinajstić information content (AvgIpc) is 2.29. The average molecular weight is 302 g/mol. The molecule has 96 valence electrons. The van der Waals surface area contributed by atoms with Gasteiger partial charge in [0.1, 0.15) is 0 Å². The maximum absolute atomic E-state index is 11.8. The quantitative estimate of drug-likeness (QED) is 0.903. The van der Waals surface area contributed by atoms with Gasteiger partial charge in [0.15, 0.2) is 0 Å². The fourth-order valence-electron chi connectivity index (χ4n) is 1.76. The Morgan fingerprint density at radius 2 is 2.12 bits per heavy atom. The molecule has 5 heteroatoms. The molecule has 0 aliphatic heterocycles. The van der Waals surface area contributed by atoms with Gasteiger partial charge in [0.05, 0.1) is 10.2 Å². The molecule has 0 fully saturated rings. The van der Waals surface area contributed by atoms with Crippen molar-refractivity contribution in [3.8, 4) is 0 Å². The third kappa shape index (κ3) is 3.64. The summed E-state index contributed by atoms with van der Waals surface area (Å²) in [6, 6.07) is 0. The molecule has 0 radical (unpaired) electrons. The van der Waals surface area contributed by atoms with Gasteiger partial charge in [0.2, 0.25) is 0 Å². The van der Waals surface area contributed by atoms with Crippen LogP contribution in [0.15, 0.2) is 9.27 Å². The van der Waals surface area contributed by atoms with Crippen molar-refractivity contribution in [3.63, 3.8) is 0 Å². The van der Waals surface area contributed by atoms with Gasteiger partial charge in [0.25, 0.3) is 0 Å². The number of aryl methyl sites for hydroxylation is 1. The number of aromatic nitrogens is 2. The molecule has 0 aliphatic carbocycles. The highest BCUT2D eigenvalue weighted by molar-refractivity contribution is 9.10. The van der Waals surface area contributed by atoms with E-state index in [-0.39, 0.29) is 5.69 Å². The van der Waals surface area contributed by atoms with Crippen molar-refractivity contribution in [2.24, 2.45) is 5.92 Å². The molecule has 0 spiro atoms. The SMILES string of the molecule is CCNCC(C)Cn1c(C)c(Br)c(C)nc1=O. The highest BCUT2D eigenvalue weighted by Gasteiger charge is 2.11. The summed E-state index contributed by atoms with van der Waals surface area (Å²) in [6.07, 6.45) is 0. The van der Waals surface area contributed by atoms with Gasteiger partial charge >= 0.3 is 5.69 Å². The summed E-state index contributed by atoms with van der Waals surface area (Å²) < 4.78 is 2.66. The van der Waals surface area contributed by atoms with E-state index in [1.165, 1.54) is 0 Å². The zero-order valence-electron chi connectivity index (χ0n) is 10.9. The molecule has 1 aromatic heterocycles. The van der Waals surface area contributed by atoms with Gasteiger partial charge in [-0.25, -0.2) is 4.79 Å². The maximum atomic E-state index is 11.8. The molecule has 1 N–H and O–H groups in total. The van der Waals surface area contributed by atoms with Gasteiger partial charge in [-0.2, -0.15) is 4.98 Å². The van der Waals surface area contributed by atoms with Crippen LogP contribution in [0.1, 0.15) is 25.2 Å². The molecule has 1 aromatic rings. The van der Waals surface area contributed by atoms with Crippen LogP contribution in [-0.4, -0.2) is 22.6 Å². The van der Waals surface area contributed by atoms with Crippen molar-refractivity contribution >= 4 is 15.9 Å². The number of nitrogens with zero attached hydrogens (tertiary/aromatic N) is 2. The molecule has 0 aliphatic rings. The number of hydrogen-bond donors (Lipinski definition) is 1. The van der Waals surface area contributed by atoms with E-state index in [0.717, 1.165) is 29.0 Å². The Hall–Kier alpha value is -0.680. The van der Waals surface area contributed by atoms with Gasteiger partial charge in [-0.05, 0) is 48.8 Å². The second kappa shape index (κ2) is 6.31. The van der Waals surface area contributed by atoms with E-state index in [0.29, 0.717) is 12.5 Å². The molecule has 1 atom stereocenters. The van der Waals surface area contributed by atoms with Gasteiger partial charge < -0.3 is 5.32 Å². The Balaban J connectivity index is 2.91. The summed E-state index contributed by atoms with van der Waals surface area (Å²) in [5.41, 5.74) is 1.54. The van der Waals surface area contributed by atoms with Gasteiger partial charge in [-0.15, -0.1) is 0 Å². The monoisotopic (exact) mass is 301 g/mol. The predicted molar refractivity (Wildman–Crippen MR) is 73.4 cm³/mol. The Labute approximate surface area is 111 Å². The minimum Gasteiger partial charge on any atom is -0.317 e. The highest BCUT2D eigenvalue weighted by atomic mass is 79.9. The van der Waals surface area contributed by atoms with Crippen molar-refractivity contribution in [2.45, 2.75) is 34.2 Å². The lowest BCUT2D eigenvalue weighted by molar-refractivity contribution is 0.433. The zero-order chi connectivity index (χ0) is 13.0. The van der Waals surface area contributed by atoms with E-state index in [2.05, 4.69) is 40.1 Å². The molecule has 17 heavy (non-hydrogen) atoms. The first-order valence-corrected chi connectivity index (χ1v) is 6.70. The highest BCUT2D eigenvalue weighted by Crippen LogP contribution is 2.17. The number of hydrogen-bond acceptors (Lipinski definition) is 3. The Morgan fingerprint density at radius 1 is 1.47 bits per heavy atom. The van der Waals surface area contributed by atoms with Crippen molar-refractivity contribution in [2.75, 3.05) is 13.1 Å². The Kier molecular flexibility index (Phi) is 5.33. The molecule has 1 rings (SSSR count). The van der Waals surface area contributed by atoms with Crippen LogP contribution in [0, 0.1) is 19.8 Å². The summed E-state index contributed by atoms with van der Waals surface area (Å²) >= 11 is 3.47. The van der Waals surface area contributed by atoms with Crippen molar-refractivity contribution in [1.29, 1.82) is 0 Å². The lowest BCUT2D eigenvalue weighted by Crippen LogP contribution is -2.32. The number of rotatable bonds is 5. The lowest BCUT2D eigenvalue weighted by atomic mass is 10.1. The molecular weight excluding hydrogens is 282 g/mol. The summed E-state index contributed by atoms with van der Waals surface area (Å²) in [7, 11) is 0. The smallest absolute Gasteiger partial charge is 0.317 e. The topological polar surface area (TPSA) is 46.9 Å².